The fourth-order valence-electron chi connectivity index (χ4n) is 4.57. The van der Waals surface area contributed by atoms with Crippen LogP contribution in [0.15, 0.2) is 79.4 Å². The molecule has 2 aromatic carbocycles. The van der Waals surface area contributed by atoms with Gasteiger partial charge in [-0.2, -0.15) is 5.26 Å². The number of pyridine rings is 1. The molecule has 11 heteroatoms. The molecular weight excluding hydrogens is 577 g/mol. The van der Waals surface area contributed by atoms with E-state index in [1.807, 2.05) is 27.8 Å². The Morgan fingerprint density at radius 2 is 1.95 bits per heavy atom. The van der Waals surface area contributed by atoms with Gasteiger partial charge in [0.25, 0.3) is 0 Å². The van der Waals surface area contributed by atoms with E-state index in [1.165, 1.54) is 24.3 Å². The summed E-state index contributed by atoms with van der Waals surface area (Å²) in [5, 5.41) is 15.8. The number of anilines is 1. The lowest BCUT2D eigenvalue weighted by Gasteiger charge is -2.36. The van der Waals surface area contributed by atoms with E-state index in [4.69, 9.17) is 22.2 Å². The third kappa shape index (κ3) is 8.92. The predicted octanol–water partition coefficient (Wildman–Crippen LogP) is 5.97. The molecule has 0 bridgehead atoms. The first-order valence-electron chi connectivity index (χ1n) is 14.4. The monoisotopic (exact) mass is 613 g/mol. The summed E-state index contributed by atoms with van der Waals surface area (Å²) < 4.78 is 21.3. The van der Waals surface area contributed by atoms with E-state index in [2.05, 4.69) is 35.2 Å². The number of thiocarbonyl (C=S) groups is 1. The molecule has 4 rings (SSSR count). The Bertz CT molecular complexity index is 1580. The normalized spacial score (nSPS) is 11.5. The quantitative estimate of drug-likeness (QED) is 0.146. The maximum atomic E-state index is 14.2. The van der Waals surface area contributed by atoms with Gasteiger partial charge in [-0.05, 0) is 66.0 Å². The lowest BCUT2D eigenvalue weighted by atomic mass is 10.1. The Morgan fingerprint density at radius 3 is 2.61 bits per heavy atom. The number of amides is 1. The molecule has 0 radical (unpaired) electrons. The Balaban J connectivity index is 1.64. The van der Waals surface area contributed by atoms with E-state index in [0.717, 1.165) is 18.4 Å². The van der Waals surface area contributed by atoms with Crippen molar-refractivity contribution >= 4 is 28.9 Å². The van der Waals surface area contributed by atoms with Crippen molar-refractivity contribution in [2.45, 2.75) is 46.2 Å². The predicted molar refractivity (Wildman–Crippen MR) is 171 cm³/mol. The van der Waals surface area contributed by atoms with Gasteiger partial charge in [-0.1, -0.05) is 44.5 Å². The molecule has 0 aliphatic heterocycles. The number of methoxy groups -OCH3 is 1. The summed E-state index contributed by atoms with van der Waals surface area (Å²) >= 11 is 5.85. The van der Waals surface area contributed by atoms with Crippen LogP contribution in [0.1, 0.15) is 49.1 Å². The van der Waals surface area contributed by atoms with Crippen LogP contribution in [0.3, 0.4) is 0 Å². The first-order chi connectivity index (χ1) is 21.3. The van der Waals surface area contributed by atoms with Crippen molar-refractivity contribution in [2.75, 3.05) is 19.0 Å². The molecule has 4 aromatic rings. The summed E-state index contributed by atoms with van der Waals surface area (Å²) in [4.78, 5) is 22.8. The Labute approximate surface area is 262 Å². The molecule has 1 atom stereocenters. The zero-order valence-electron chi connectivity index (χ0n) is 25.1. The van der Waals surface area contributed by atoms with Gasteiger partial charge in [0.1, 0.15) is 5.82 Å². The van der Waals surface area contributed by atoms with Crippen LogP contribution in [-0.2, 0) is 24.3 Å². The molecule has 0 saturated heterocycles. The second-order valence-electron chi connectivity index (χ2n) is 10.5. The molecular formula is C33H36FN7O2S. The molecule has 0 unspecified atom stereocenters. The van der Waals surface area contributed by atoms with E-state index in [0.29, 0.717) is 47.4 Å². The van der Waals surface area contributed by atoms with Crippen molar-refractivity contribution in [3.8, 4) is 11.9 Å². The van der Waals surface area contributed by atoms with Gasteiger partial charge in [-0.3, -0.25) is 4.79 Å². The van der Waals surface area contributed by atoms with Gasteiger partial charge in [0.05, 0.1) is 43.4 Å². The minimum Gasteiger partial charge on any atom is -0.481 e. The van der Waals surface area contributed by atoms with Crippen LogP contribution in [0.25, 0.3) is 0 Å². The van der Waals surface area contributed by atoms with E-state index in [9.17, 15) is 9.18 Å². The zero-order chi connectivity index (χ0) is 31.5. The van der Waals surface area contributed by atoms with Crippen LogP contribution in [0.5, 0.6) is 5.88 Å². The van der Waals surface area contributed by atoms with Gasteiger partial charge in [0.2, 0.25) is 11.8 Å². The summed E-state index contributed by atoms with van der Waals surface area (Å²) in [7, 11) is 1.54. The first kappa shape index (κ1) is 32.3. The van der Waals surface area contributed by atoms with Gasteiger partial charge in [0.15, 0.2) is 5.11 Å². The van der Waals surface area contributed by atoms with Gasteiger partial charge < -0.3 is 14.6 Å². The summed E-state index contributed by atoms with van der Waals surface area (Å²) in [5.74, 6) is 0.236. The van der Waals surface area contributed by atoms with Gasteiger partial charge in [0, 0.05) is 37.6 Å². The second kappa shape index (κ2) is 15.7. The number of hydrogen-bond acceptors (Lipinski definition) is 7. The number of nitrogens with one attached hydrogen (secondary N) is 1. The fraction of sp³-hybridized carbons (Fsp3) is 0.303. The number of ether oxygens (including phenoxy) is 1. The van der Waals surface area contributed by atoms with Gasteiger partial charge in [-0.15, -0.1) is 0 Å². The second-order valence-corrected chi connectivity index (χ2v) is 10.9. The highest BCUT2D eigenvalue weighted by molar-refractivity contribution is 7.80. The number of hydrogen-bond donors (Lipinski definition) is 1. The lowest BCUT2D eigenvalue weighted by Crippen LogP contribution is -2.52. The van der Waals surface area contributed by atoms with E-state index >= 15 is 0 Å². The first-order valence-corrected chi connectivity index (χ1v) is 14.8. The van der Waals surface area contributed by atoms with Crippen molar-refractivity contribution in [3.05, 3.63) is 108 Å². The smallest absolute Gasteiger partial charge is 0.249 e. The van der Waals surface area contributed by atoms with E-state index < -0.39 is 0 Å². The average Bonchev–Trinajstić information content (AvgIpc) is 3.46. The van der Waals surface area contributed by atoms with Crippen molar-refractivity contribution < 1.29 is 13.9 Å². The Hall–Kier alpha value is -4.66. The largest absolute Gasteiger partial charge is 0.481 e. The number of carbonyl (C=O) groups excluding carboxylic acids is 1. The third-order valence-corrected chi connectivity index (χ3v) is 7.58. The molecule has 0 spiro atoms. The summed E-state index contributed by atoms with van der Waals surface area (Å²) in [6.45, 7) is 5.56. The number of nitriles is 1. The number of rotatable bonds is 13. The van der Waals surface area contributed by atoms with Crippen molar-refractivity contribution in [1.82, 2.24) is 24.6 Å². The van der Waals surface area contributed by atoms with Crippen LogP contribution in [0, 0.1) is 23.1 Å². The van der Waals surface area contributed by atoms with Gasteiger partial charge in [-0.25, -0.2) is 24.4 Å². The number of hydrazine groups is 1. The molecule has 44 heavy (non-hydrogen) atoms. The highest BCUT2D eigenvalue weighted by Gasteiger charge is 2.28. The minimum absolute atomic E-state index is 0.0158. The third-order valence-electron chi connectivity index (χ3n) is 7.31. The van der Waals surface area contributed by atoms with Gasteiger partial charge >= 0.3 is 0 Å². The van der Waals surface area contributed by atoms with Crippen LogP contribution >= 0.6 is 12.2 Å². The Morgan fingerprint density at radius 1 is 1.16 bits per heavy atom. The summed E-state index contributed by atoms with van der Waals surface area (Å²) in [5.41, 5.74) is 3.55. The highest BCUT2D eigenvalue weighted by Crippen LogP contribution is 2.19. The Kier molecular flexibility index (Phi) is 11.5. The van der Waals surface area contributed by atoms with Crippen LogP contribution in [-0.4, -0.2) is 49.2 Å². The van der Waals surface area contributed by atoms with Crippen LogP contribution in [0.2, 0.25) is 0 Å². The van der Waals surface area contributed by atoms with Crippen molar-refractivity contribution in [1.29, 1.82) is 5.26 Å². The number of nitrogens with zero attached hydrogens (tertiary/aromatic N) is 6. The van der Waals surface area contributed by atoms with Crippen molar-refractivity contribution in [2.24, 2.45) is 5.92 Å². The SMILES string of the molecule is CC[C@H](C)CCN(Cc1cccc(F)c1)N(C(=O)Cc1cncn1Cc1ccc(C#N)cc1)C(=S)Nc1ccc(OC)nc1. The molecule has 0 fully saturated rings. The molecule has 9 nitrogen and oxygen atoms in total. The maximum absolute atomic E-state index is 14.2. The number of halogens is 1. The average molecular weight is 614 g/mol. The topological polar surface area (TPSA) is 99.3 Å². The lowest BCUT2D eigenvalue weighted by molar-refractivity contribution is -0.139. The molecule has 2 heterocycles. The molecule has 2 aromatic heterocycles. The summed E-state index contributed by atoms with van der Waals surface area (Å²) in [6, 6.07) is 19.2. The molecule has 0 saturated carbocycles. The molecule has 228 valence electrons. The highest BCUT2D eigenvalue weighted by atomic mass is 32.1. The van der Waals surface area contributed by atoms with Crippen LogP contribution in [0.4, 0.5) is 10.1 Å². The van der Waals surface area contributed by atoms with E-state index in [-0.39, 0.29) is 29.8 Å². The maximum Gasteiger partial charge on any atom is 0.249 e. The number of aromatic nitrogens is 3. The van der Waals surface area contributed by atoms with Crippen molar-refractivity contribution in [3.63, 3.8) is 0 Å². The molecule has 1 N–H and O–H groups in total. The molecule has 1 amide bonds. The molecule has 0 aliphatic carbocycles. The minimum atomic E-state index is -0.348. The van der Waals surface area contributed by atoms with Crippen LogP contribution < -0.4 is 10.1 Å². The fourth-order valence-corrected chi connectivity index (χ4v) is 4.90. The standard InChI is InChI=1S/C33H36FN7O2S/c1-4-24(2)14-15-40(22-27-6-5-7-28(34)16-27)41(33(44)38-29-12-13-31(43-3)37-19-29)32(42)17-30-20-36-23-39(30)21-26-10-8-25(18-35)9-11-26/h5-13,16,19-20,23-24H,4,14-15,17,21-22H2,1-3H3,(H,38,44)/t24-/m0/s1. The zero-order valence-corrected chi connectivity index (χ0v) is 25.9. The summed E-state index contributed by atoms with van der Waals surface area (Å²) in [6.07, 6.45) is 6.73. The van der Waals surface area contributed by atoms with E-state index in [1.54, 1.807) is 49.1 Å². The number of carbonyl (C=O) groups is 1. The molecule has 0 aliphatic rings. The number of imidazole rings is 1. The number of benzene rings is 2.